The van der Waals surface area contributed by atoms with Gasteiger partial charge in [0.2, 0.25) is 0 Å². The van der Waals surface area contributed by atoms with Crippen LogP contribution in [0.4, 0.5) is 10.2 Å². The number of hydrogen-bond acceptors (Lipinski definition) is 2. The summed E-state index contributed by atoms with van der Waals surface area (Å²) < 4.78 is 15.4. The highest BCUT2D eigenvalue weighted by Crippen LogP contribution is 2.17. The molecule has 0 bridgehead atoms. The highest BCUT2D eigenvalue weighted by Gasteiger charge is 2.01. The van der Waals surface area contributed by atoms with Gasteiger partial charge in [0, 0.05) is 25.9 Å². The summed E-state index contributed by atoms with van der Waals surface area (Å²) in [6.45, 7) is 0.557. The number of hydrogen-bond donors (Lipinski definition) is 1. The maximum Gasteiger partial charge on any atom is 0.148 e. The monoisotopic (exact) mass is 283 g/mol. The Labute approximate surface area is 101 Å². The Morgan fingerprint density at radius 3 is 2.88 bits per heavy atom. The van der Waals surface area contributed by atoms with Crippen molar-refractivity contribution in [3.05, 3.63) is 46.3 Å². The Balaban J connectivity index is 2.02. The van der Waals surface area contributed by atoms with Gasteiger partial charge in [-0.2, -0.15) is 5.10 Å². The van der Waals surface area contributed by atoms with Crippen LogP contribution in [0, 0.1) is 5.82 Å². The summed E-state index contributed by atoms with van der Waals surface area (Å²) in [5, 5.41) is 7.28. The molecule has 1 aromatic heterocycles. The largest absolute Gasteiger partial charge is 0.365 e. The molecule has 2 aromatic rings. The lowest BCUT2D eigenvalue weighted by molar-refractivity contribution is 0.619. The molecule has 16 heavy (non-hydrogen) atoms. The SMILES string of the molecule is Cn1ccc(NCc2ccc(Br)c(F)c2)n1. The van der Waals surface area contributed by atoms with E-state index in [0.717, 1.165) is 11.4 Å². The Morgan fingerprint density at radius 2 is 2.25 bits per heavy atom. The quantitative estimate of drug-likeness (QED) is 0.939. The predicted molar refractivity (Wildman–Crippen MR) is 64.6 cm³/mol. The third kappa shape index (κ3) is 2.61. The van der Waals surface area contributed by atoms with Gasteiger partial charge in [0.05, 0.1) is 4.47 Å². The molecule has 1 aromatic carbocycles. The molecule has 0 aliphatic rings. The van der Waals surface area contributed by atoms with Crippen molar-refractivity contribution >= 4 is 21.7 Å². The second-order valence-corrected chi connectivity index (χ2v) is 4.33. The zero-order valence-corrected chi connectivity index (χ0v) is 10.3. The fraction of sp³-hybridized carbons (Fsp3) is 0.182. The van der Waals surface area contributed by atoms with Gasteiger partial charge in [-0.05, 0) is 33.6 Å². The van der Waals surface area contributed by atoms with Crippen LogP contribution in [0.15, 0.2) is 34.9 Å². The Bertz CT molecular complexity index is 496. The first-order valence-corrected chi connectivity index (χ1v) is 5.62. The number of halogens is 2. The van der Waals surface area contributed by atoms with Crippen LogP contribution in [-0.2, 0) is 13.6 Å². The first kappa shape index (κ1) is 11.1. The Hall–Kier alpha value is -1.36. The molecule has 5 heteroatoms. The van der Waals surface area contributed by atoms with E-state index in [2.05, 4.69) is 26.3 Å². The second kappa shape index (κ2) is 4.65. The Kier molecular flexibility index (Phi) is 3.24. The van der Waals surface area contributed by atoms with Crippen molar-refractivity contribution in [2.24, 2.45) is 7.05 Å². The van der Waals surface area contributed by atoms with Crippen LogP contribution >= 0.6 is 15.9 Å². The van der Waals surface area contributed by atoms with Crippen LogP contribution in [0.3, 0.4) is 0 Å². The van der Waals surface area contributed by atoms with Gasteiger partial charge in [-0.15, -0.1) is 0 Å². The van der Waals surface area contributed by atoms with Crippen molar-refractivity contribution < 1.29 is 4.39 Å². The van der Waals surface area contributed by atoms with E-state index >= 15 is 0 Å². The molecule has 0 fully saturated rings. The van der Waals surface area contributed by atoms with Gasteiger partial charge < -0.3 is 5.32 Å². The van der Waals surface area contributed by atoms with E-state index in [0.29, 0.717) is 11.0 Å². The van der Waals surface area contributed by atoms with Crippen LogP contribution in [0.1, 0.15) is 5.56 Å². The van der Waals surface area contributed by atoms with Crippen molar-refractivity contribution in [1.29, 1.82) is 0 Å². The highest BCUT2D eigenvalue weighted by molar-refractivity contribution is 9.10. The summed E-state index contributed by atoms with van der Waals surface area (Å²) in [4.78, 5) is 0. The van der Waals surface area contributed by atoms with E-state index in [1.807, 2.05) is 25.4 Å². The van der Waals surface area contributed by atoms with Gasteiger partial charge >= 0.3 is 0 Å². The average Bonchev–Trinajstić information content (AvgIpc) is 2.66. The number of rotatable bonds is 3. The minimum absolute atomic E-state index is 0.250. The Morgan fingerprint density at radius 1 is 1.44 bits per heavy atom. The molecule has 84 valence electrons. The number of aromatic nitrogens is 2. The van der Waals surface area contributed by atoms with Crippen LogP contribution in [0.5, 0.6) is 0 Å². The third-order valence-corrected chi connectivity index (χ3v) is 2.81. The summed E-state index contributed by atoms with van der Waals surface area (Å²) in [6, 6.07) is 6.93. The lowest BCUT2D eigenvalue weighted by Gasteiger charge is -2.04. The second-order valence-electron chi connectivity index (χ2n) is 3.48. The van der Waals surface area contributed by atoms with E-state index < -0.39 is 0 Å². The van der Waals surface area contributed by atoms with Crippen molar-refractivity contribution in [3.8, 4) is 0 Å². The third-order valence-electron chi connectivity index (χ3n) is 2.17. The van der Waals surface area contributed by atoms with E-state index in [1.54, 1.807) is 10.7 Å². The minimum Gasteiger partial charge on any atom is -0.365 e. The standard InChI is InChI=1S/C11H11BrFN3/c1-16-5-4-11(15-16)14-7-8-2-3-9(12)10(13)6-8/h2-6H,7H2,1H3,(H,14,15). The lowest BCUT2D eigenvalue weighted by atomic mass is 10.2. The molecule has 3 nitrogen and oxygen atoms in total. The molecule has 0 unspecified atom stereocenters. The van der Waals surface area contributed by atoms with E-state index in [4.69, 9.17) is 0 Å². The fourth-order valence-corrected chi connectivity index (χ4v) is 1.60. The van der Waals surface area contributed by atoms with Gasteiger partial charge in [0.25, 0.3) is 0 Å². The van der Waals surface area contributed by atoms with Crippen LogP contribution in [0.25, 0.3) is 0 Å². The minimum atomic E-state index is -0.250. The van der Waals surface area contributed by atoms with Crippen molar-refractivity contribution in [2.75, 3.05) is 5.32 Å². The molecule has 2 rings (SSSR count). The number of nitrogens with one attached hydrogen (secondary N) is 1. The van der Waals surface area contributed by atoms with Gasteiger partial charge in [-0.1, -0.05) is 6.07 Å². The normalized spacial score (nSPS) is 10.4. The molecular weight excluding hydrogens is 273 g/mol. The molecule has 0 aliphatic carbocycles. The zero-order chi connectivity index (χ0) is 11.5. The number of aryl methyl sites for hydroxylation is 1. The summed E-state index contributed by atoms with van der Waals surface area (Å²) in [6.07, 6.45) is 1.85. The number of benzene rings is 1. The van der Waals surface area contributed by atoms with Crippen LogP contribution in [-0.4, -0.2) is 9.78 Å². The summed E-state index contributed by atoms with van der Waals surface area (Å²) >= 11 is 3.12. The zero-order valence-electron chi connectivity index (χ0n) is 8.74. The van der Waals surface area contributed by atoms with E-state index in [9.17, 15) is 4.39 Å². The topological polar surface area (TPSA) is 29.9 Å². The molecule has 0 atom stereocenters. The van der Waals surface area contributed by atoms with Crippen LogP contribution < -0.4 is 5.32 Å². The molecule has 0 spiro atoms. The average molecular weight is 284 g/mol. The van der Waals surface area contributed by atoms with E-state index in [1.165, 1.54) is 6.07 Å². The summed E-state index contributed by atoms with van der Waals surface area (Å²) in [7, 11) is 1.85. The first-order chi connectivity index (χ1) is 7.65. The highest BCUT2D eigenvalue weighted by atomic mass is 79.9. The van der Waals surface area contributed by atoms with Gasteiger partial charge in [0.15, 0.2) is 0 Å². The van der Waals surface area contributed by atoms with Crippen LogP contribution in [0.2, 0.25) is 0 Å². The first-order valence-electron chi connectivity index (χ1n) is 4.82. The molecule has 0 amide bonds. The van der Waals surface area contributed by atoms with Crippen molar-refractivity contribution in [3.63, 3.8) is 0 Å². The van der Waals surface area contributed by atoms with E-state index in [-0.39, 0.29) is 5.82 Å². The van der Waals surface area contributed by atoms with Gasteiger partial charge in [0.1, 0.15) is 11.6 Å². The summed E-state index contributed by atoms with van der Waals surface area (Å²) in [5.41, 5.74) is 0.881. The number of nitrogens with zero attached hydrogens (tertiary/aromatic N) is 2. The van der Waals surface area contributed by atoms with Crippen molar-refractivity contribution in [2.45, 2.75) is 6.54 Å². The molecule has 1 heterocycles. The fourth-order valence-electron chi connectivity index (χ4n) is 1.35. The molecule has 1 N–H and O–H groups in total. The molecule has 0 saturated heterocycles. The summed E-state index contributed by atoms with van der Waals surface area (Å²) in [5.74, 6) is 0.533. The van der Waals surface area contributed by atoms with Gasteiger partial charge in [-0.25, -0.2) is 4.39 Å². The predicted octanol–water partition coefficient (Wildman–Crippen LogP) is 2.93. The molecular formula is C11H11BrFN3. The maximum atomic E-state index is 13.2. The molecule has 0 saturated carbocycles. The number of anilines is 1. The van der Waals surface area contributed by atoms with Gasteiger partial charge in [-0.3, -0.25) is 4.68 Å². The lowest BCUT2D eigenvalue weighted by Crippen LogP contribution is -2.01. The molecule has 0 radical (unpaired) electrons. The molecule has 0 aliphatic heterocycles. The van der Waals surface area contributed by atoms with Crippen molar-refractivity contribution in [1.82, 2.24) is 9.78 Å². The smallest absolute Gasteiger partial charge is 0.148 e. The maximum absolute atomic E-state index is 13.2.